The minimum Gasteiger partial charge on any atom is -0.371 e. The molecule has 146 valence electrons. The molecule has 0 saturated carbocycles. The van der Waals surface area contributed by atoms with Crippen LogP contribution in [0.4, 0.5) is 15.9 Å². The molecule has 3 heterocycles. The first-order valence-corrected chi connectivity index (χ1v) is 9.78. The molecule has 2 aromatic carbocycles. The molecule has 0 radical (unpaired) electrons. The van der Waals surface area contributed by atoms with Crippen molar-refractivity contribution in [1.29, 1.82) is 0 Å². The van der Waals surface area contributed by atoms with E-state index in [0.717, 1.165) is 54.6 Å². The zero-order valence-corrected chi connectivity index (χ0v) is 15.9. The summed E-state index contributed by atoms with van der Waals surface area (Å²) in [7, 11) is 0. The van der Waals surface area contributed by atoms with E-state index >= 15 is 0 Å². The summed E-state index contributed by atoms with van der Waals surface area (Å²) in [6.45, 7) is 2.76. The fourth-order valence-corrected chi connectivity index (χ4v) is 3.78. The third-order valence-corrected chi connectivity index (χ3v) is 5.34. The van der Waals surface area contributed by atoms with Gasteiger partial charge < -0.3 is 10.2 Å². The fraction of sp³-hybridized carbons (Fsp3) is 0.227. The Kier molecular flexibility index (Phi) is 4.56. The maximum atomic E-state index is 13.1. The molecule has 0 unspecified atom stereocenters. The summed E-state index contributed by atoms with van der Waals surface area (Å²) in [5.41, 5.74) is 2.78. The van der Waals surface area contributed by atoms with Gasteiger partial charge in [-0.05, 0) is 48.7 Å². The van der Waals surface area contributed by atoms with Crippen LogP contribution in [-0.4, -0.2) is 39.4 Å². The number of nitrogens with one attached hydrogen (secondary N) is 1. The Morgan fingerprint density at radius 2 is 1.79 bits per heavy atom. The smallest absolute Gasteiger partial charge is 0.185 e. The Bertz CT molecular complexity index is 1110. The highest BCUT2D eigenvalue weighted by Gasteiger charge is 2.22. The van der Waals surface area contributed by atoms with Crippen molar-refractivity contribution < 1.29 is 4.39 Å². The van der Waals surface area contributed by atoms with E-state index in [2.05, 4.69) is 25.5 Å². The van der Waals surface area contributed by atoms with Gasteiger partial charge in [-0.15, -0.1) is 15.3 Å². The average molecular weight is 388 g/mol. The van der Waals surface area contributed by atoms with Crippen molar-refractivity contribution in [3.63, 3.8) is 0 Å². The van der Waals surface area contributed by atoms with Crippen molar-refractivity contribution in [2.24, 2.45) is 5.92 Å². The molecule has 1 aliphatic heterocycles. The van der Waals surface area contributed by atoms with Gasteiger partial charge in [0.25, 0.3) is 0 Å². The molecule has 5 rings (SSSR count). The molecule has 29 heavy (non-hydrogen) atoms. The van der Waals surface area contributed by atoms with Crippen molar-refractivity contribution in [2.45, 2.75) is 6.42 Å². The number of rotatable bonds is 5. The highest BCUT2D eigenvalue weighted by atomic mass is 19.1. The number of nitrogens with zero attached hydrogens (tertiary/aromatic N) is 5. The lowest BCUT2D eigenvalue weighted by Gasteiger charge is -2.19. The van der Waals surface area contributed by atoms with Crippen LogP contribution in [0.25, 0.3) is 17.0 Å². The number of anilines is 2. The third-order valence-electron chi connectivity index (χ3n) is 5.34. The van der Waals surface area contributed by atoms with Crippen LogP contribution < -0.4 is 10.2 Å². The second-order valence-corrected chi connectivity index (χ2v) is 7.34. The van der Waals surface area contributed by atoms with Crippen LogP contribution in [0.5, 0.6) is 0 Å². The molecule has 4 aromatic rings. The maximum absolute atomic E-state index is 13.1. The monoisotopic (exact) mass is 388 g/mol. The van der Waals surface area contributed by atoms with Crippen LogP contribution in [0.1, 0.15) is 6.42 Å². The van der Waals surface area contributed by atoms with E-state index < -0.39 is 0 Å². The molecule has 0 bridgehead atoms. The first kappa shape index (κ1) is 17.6. The second kappa shape index (κ2) is 7.50. The number of aromatic nitrogens is 4. The van der Waals surface area contributed by atoms with Gasteiger partial charge in [-0.3, -0.25) is 0 Å². The van der Waals surface area contributed by atoms with Crippen LogP contribution in [-0.2, 0) is 0 Å². The Morgan fingerprint density at radius 1 is 0.966 bits per heavy atom. The molecular formula is C22H21FN6. The van der Waals surface area contributed by atoms with Gasteiger partial charge in [0, 0.05) is 30.9 Å². The van der Waals surface area contributed by atoms with Gasteiger partial charge in [-0.25, -0.2) is 4.39 Å². The van der Waals surface area contributed by atoms with Crippen molar-refractivity contribution >= 4 is 17.2 Å². The second-order valence-electron chi connectivity index (χ2n) is 7.34. The van der Waals surface area contributed by atoms with E-state index in [0.29, 0.717) is 5.92 Å². The quantitative estimate of drug-likeness (QED) is 0.562. The maximum Gasteiger partial charge on any atom is 0.185 e. The van der Waals surface area contributed by atoms with Crippen molar-refractivity contribution in [2.75, 3.05) is 29.9 Å². The topological polar surface area (TPSA) is 58.3 Å². The molecule has 1 atom stereocenters. The molecular weight excluding hydrogens is 367 g/mol. The first-order chi connectivity index (χ1) is 14.3. The van der Waals surface area contributed by atoms with Crippen LogP contribution in [0.3, 0.4) is 0 Å². The number of hydrogen-bond donors (Lipinski definition) is 1. The van der Waals surface area contributed by atoms with Crippen LogP contribution >= 0.6 is 0 Å². The lowest BCUT2D eigenvalue weighted by Crippen LogP contribution is -2.22. The van der Waals surface area contributed by atoms with E-state index in [-0.39, 0.29) is 5.82 Å². The zero-order chi connectivity index (χ0) is 19.6. The molecule has 1 fully saturated rings. The van der Waals surface area contributed by atoms with Crippen LogP contribution in [0.2, 0.25) is 0 Å². The Hall–Kier alpha value is -3.48. The van der Waals surface area contributed by atoms with E-state index in [1.807, 2.05) is 54.6 Å². The normalized spacial score (nSPS) is 16.4. The number of fused-ring (bicyclic) bond motifs is 1. The highest BCUT2D eigenvalue weighted by molar-refractivity contribution is 5.59. The highest BCUT2D eigenvalue weighted by Crippen LogP contribution is 2.24. The summed E-state index contributed by atoms with van der Waals surface area (Å²) in [6.07, 6.45) is 1.09. The van der Waals surface area contributed by atoms with E-state index in [1.165, 1.54) is 12.1 Å². The molecule has 1 N–H and O–H groups in total. The standard InChI is InChI=1S/C22H21FN6/c23-18-6-8-19(9-7-18)28-13-12-16(15-28)14-24-20-10-11-21-25-26-22(29(21)27-20)17-4-2-1-3-5-17/h1-11,16H,12-15H2,(H,24,27)/t16-/m1/s1. The van der Waals surface area contributed by atoms with Gasteiger partial charge in [0.05, 0.1) is 0 Å². The third kappa shape index (κ3) is 3.63. The number of benzene rings is 2. The summed E-state index contributed by atoms with van der Waals surface area (Å²) < 4.78 is 14.9. The summed E-state index contributed by atoms with van der Waals surface area (Å²) in [5, 5.41) is 16.6. The van der Waals surface area contributed by atoms with Crippen molar-refractivity contribution in [3.05, 3.63) is 72.5 Å². The summed E-state index contributed by atoms with van der Waals surface area (Å²) in [5.74, 6) is 1.84. The molecule has 2 aromatic heterocycles. The van der Waals surface area contributed by atoms with E-state index in [4.69, 9.17) is 0 Å². The van der Waals surface area contributed by atoms with Gasteiger partial charge in [0.1, 0.15) is 11.6 Å². The Morgan fingerprint density at radius 3 is 2.62 bits per heavy atom. The minimum absolute atomic E-state index is 0.198. The van der Waals surface area contributed by atoms with Gasteiger partial charge in [-0.2, -0.15) is 4.52 Å². The molecule has 0 aliphatic carbocycles. The lowest BCUT2D eigenvalue weighted by molar-refractivity contribution is 0.619. The molecule has 1 aliphatic rings. The fourth-order valence-electron chi connectivity index (χ4n) is 3.78. The van der Waals surface area contributed by atoms with Crippen molar-refractivity contribution in [1.82, 2.24) is 19.8 Å². The summed E-state index contributed by atoms with van der Waals surface area (Å²) >= 11 is 0. The van der Waals surface area contributed by atoms with Gasteiger partial charge >= 0.3 is 0 Å². The van der Waals surface area contributed by atoms with Crippen molar-refractivity contribution in [3.8, 4) is 11.4 Å². The number of halogens is 1. The summed E-state index contributed by atoms with van der Waals surface area (Å²) in [6, 6.07) is 20.5. The molecule has 0 spiro atoms. The van der Waals surface area contributed by atoms with Gasteiger partial charge in [-0.1, -0.05) is 30.3 Å². The average Bonchev–Trinajstić information content (AvgIpc) is 3.40. The number of hydrogen-bond acceptors (Lipinski definition) is 5. The lowest BCUT2D eigenvalue weighted by atomic mass is 10.1. The first-order valence-electron chi connectivity index (χ1n) is 9.78. The SMILES string of the molecule is Fc1ccc(N2CC[C@H](CNc3ccc4nnc(-c5ccccc5)n4n3)C2)cc1. The van der Waals surface area contributed by atoms with Gasteiger partial charge in [0.15, 0.2) is 11.5 Å². The van der Waals surface area contributed by atoms with Crippen LogP contribution in [0.15, 0.2) is 66.7 Å². The predicted molar refractivity (Wildman–Crippen MR) is 111 cm³/mol. The molecule has 7 heteroatoms. The predicted octanol–water partition coefficient (Wildman–Crippen LogP) is 3.87. The summed E-state index contributed by atoms with van der Waals surface area (Å²) in [4.78, 5) is 2.30. The molecule has 1 saturated heterocycles. The Labute approximate surface area is 168 Å². The van der Waals surface area contributed by atoms with Gasteiger partial charge in [0.2, 0.25) is 0 Å². The molecule has 6 nitrogen and oxygen atoms in total. The largest absolute Gasteiger partial charge is 0.371 e. The molecule has 0 amide bonds. The Balaban J connectivity index is 1.27. The van der Waals surface area contributed by atoms with E-state index in [9.17, 15) is 4.39 Å². The zero-order valence-electron chi connectivity index (χ0n) is 15.9. The minimum atomic E-state index is -0.198. The van der Waals surface area contributed by atoms with Crippen LogP contribution in [0, 0.1) is 11.7 Å². The van der Waals surface area contributed by atoms with E-state index in [1.54, 1.807) is 4.52 Å².